The van der Waals surface area contributed by atoms with Crippen LogP contribution >= 0.6 is 15.6 Å². The van der Waals surface area contributed by atoms with Crippen molar-refractivity contribution >= 4 is 15.6 Å². The van der Waals surface area contributed by atoms with E-state index in [0.29, 0.717) is 6.42 Å². The van der Waals surface area contributed by atoms with Crippen LogP contribution in [0.25, 0.3) is 0 Å². The van der Waals surface area contributed by atoms with Crippen LogP contribution in [0.3, 0.4) is 0 Å². The van der Waals surface area contributed by atoms with Crippen LogP contribution in [-0.4, -0.2) is 13.7 Å². The van der Waals surface area contributed by atoms with Crippen molar-refractivity contribution in [2.75, 3.05) is 13.7 Å². The van der Waals surface area contributed by atoms with Crippen LogP contribution in [0, 0.1) is 0 Å². The Bertz CT molecular complexity index is 325. The molecule has 1 atom stereocenters. The first-order valence-corrected chi connectivity index (χ1v) is 9.29. The first-order chi connectivity index (χ1) is 8.83. The van der Waals surface area contributed by atoms with E-state index in [1.807, 2.05) is 0 Å². The van der Waals surface area contributed by atoms with E-state index in [9.17, 15) is 18.9 Å². The Labute approximate surface area is 171 Å². The Morgan fingerprint density at radius 3 is 1.81 bits per heavy atom. The zero-order valence-electron chi connectivity index (χ0n) is 13.4. The Balaban J connectivity index is -0.00000162. The first kappa shape index (κ1) is 28.1. The maximum atomic E-state index is 11.5. The third-order valence-electron chi connectivity index (χ3n) is 2.42. The van der Waals surface area contributed by atoms with Gasteiger partial charge in [-0.2, -0.15) is 0 Å². The summed E-state index contributed by atoms with van der Waals surface area (Å²) in [4.78, 5) is 20.7. The van der Waals surface area contributed by atoms with Gasteiger partial charge in [0.1, 0.15) is 0 Å². The molecule has 0 heterocycles. The third-order valence-corrected chi connectivity index (χ3v) is 4.97. The number of hydrogen-bond donors (Lipinski definition) is 0. The van der Waals surface area contributed by atoms with Gasteiger partial charge in [-0.05, 0) is 6.42 Å². The van der Waals surface area contributed by atoms with Crippen molar-refractivity contribution in [3.05, 3.63) is 0 Å². The van der Waals surface area contributed by atoms with Crippen LogP contribution < -0.4 is 68.9 Å². The van der Waals surface area contributed by atoms with Crippen molar-refractivity contribution < 1.29 is 91.4 Å². The molecule has 0 aromatic rings. The Hall–Kier alpha value is 2.26. The second kappa shape index (κ2) is 15.8. The van der Waals surface area contributed by atoms with E-state index < -0.39 is 15.6 Å². The van der Waals surface area contributed by atoms with Gasteiger partial charge < -0.3 is 14.4 Å². The van der Waals surface area contributed by atoms with Crippen LogP contribution in [0.2, 0.25) is 0 Å². The summed E-state index contributed by atoms with van der Waals surface area (Å²) in [7, 11) is -8.71. The first-order valence-electron chi connectivity index (χ1n) is 6.36. The normalized spacial score (nSPS) is 13.9. The van der Waals surface area contributed by atoms with Gasteiger partial charge in [0.2, 0.25) is 0 Å². The summed E-state index contributed by atoms with van der Waals surface area (Å²) in [5.41, 5.74) is 0. The minimum atomic E-state index is -5.39. The zero-order chi connectivity index (χ0) is 14.8. The van der Waals surface area contributed by atoms with Crippen molar-refractivity contribution in [1.82, 2.24) is 0 Å². The smallest absolute Gasteiger partial charge is 0.789 e. The van der Waals surface area contributed by atoms with Crippen molar-refractivity contribution in [1.29, 1.82) is 0 Å². The summed E-state index contributed by atoms with van der Waals surface area (Å²) in [6, 6.07) is 0. The summed E-state index contributed by atoms with van der Waals surface area (Å²) in [5, 5.41) is 0. The fourth-order valence-electron chi connectivity index (χ4n) is 1.47. The predicted octanol–water partition coefficient (Wildman–Crippen LogP) is -3.64. The molecule has 0 aromatic heterocycles. The molecule has 21 heavy (non-hydrogen) atoms. The van der Waals surface area contributed by atoms with Crippen molar-refractivity contribution in [2.24, 2.45) is 0 Å². The molecule has 7 nitrogen and oxygen atoms in total. The van der Waals surface area contributed by atoms with Crippen molar-refractivity contribution in [2.45, 2.75) is 51.9 Å². The van der Waals surface area contributed by atoms with Crippen LogP contribution in [0.15, 0.2) is 0 Å². The molecule has 0 aliphatic rings. The van der Waals surface area contributed by atoms with Gasteiger partial charge in [-0.1, -0.05) is 45.4 Å². The van der Waals surface area contributed by atoms with Crippen LogP contribution in [0.5, 0.6) is 0 Å². The minimum Gasteiger partial charge on any atom is -0.789 e. The Morgan fingerprint density at radius 1 is 0.905 bits per heavy atom. The molecule has 116 valence electrons. The largest absolute Gasteiger partial charge is 1.00 e. The third kappa shape index (κ3) is 18.4. The van der Waals surface area contributed by atoms with Crippen LogP contribution in [-0.2, 0) is 22.5 Å². The molecule has 0 aromatic carbocycles. The van der Waals surface area contributed by atoms with Gasteiger partial charge in [0.25, 0.3) is 0 Å². The quantitative estimate of drug-likeness (QED) is 0.200. The monoisotopic (exact) mass is 362 g/mol. The summed E-state index contributed by atoms with van der Waals surface area (Å²) in [6.07, 6.45) is 7.22. The zero-order valence-corrected chi connectivity index (χ0v) is 19.2. The van der Waals surface area contributed by atoms with Gasteiger partial charge in [-0.3, -0.25) is 13.4 Å². The molecule has 0 rings (SSSR count). The molecule has 0 aliphatic carbocycles. The number of phosphoric ester groups is 1. The summed E-state index contributed by atoms with van der Waals surface area (Å²) in [6.45, 7) is 2.17. The molecule has 0 aliphatic heterocycles. The number of rotatable bonds is 12. The van der Waals surface area contributed by atoms with Crippen LogP contribution in [0.4, 0.5) is 0 Å². The number of phosphoric acid groups is 2. The summed E-state index contributed by atoms with van der Waals surface area (Å²) >= 11 is 0. The van der Waals surface area contributed by atoms with E-state index >= 15 is 0 Å². The molecule has 0 radical (unpaired) electrons. The van der Waals surface area contributed by atoms with Gasteiger partial charge in [0.05, 0.1) is 14.4 Å². The van der Waals surface area contributed by atoms with E-state index in [0.717, 1.165) is 26.4 Å². The molecule has 11 heteroatoms. The van der Waals surface area contributed by atoms with Gasteiger partial charge in [0, 0.05) is 7.11 Å². The molecule has 0 spiro atoms. The Morgan fingerprint density at radius 2 is 1.38 bits per heavy atom. The van der Waals surface area contributed by atoms with Crippen LogP contribution in [0.1, 0.15) is 51.9 Å². The summed E-state index contributed by atoms with van der Waals surface area (Å²) < 4.78 is 34.7. The minimum absolute atomic E-state index is 0. The molecular weight excluding hydrogens is 340 g/mol. The average molecular weight is 362 g/mol. The van der Waals surface area contributed by atoms with E-state index in [2.05, 4.69) is 15.8 Å². The molecular formula is C10H22Na2O7P2. The molecule has 0 amide bonds. The fourth-order valence-corrected chi connectivity index (χ4v) is 3.36. The molecule has 0 bridgehead atoms. The molecule has 0 N–H and O–H groups in total. The fraction of sp³-hybridized carbons (Fsp3) is 1.00. The maximum Gasteiger partial charge on any atom is 1.00 e. The molecule has 0 saturated carbocycles. The van der Waals surface area contributed by atoms with E-state index in [4.69, 9.17) is 4.52 Å². The second-order valence-electron chi connectivity index (χ2n) is 4.11. The maximum absolute atomic E-state index is 11.5. The standard InChI is InChI=1S/C10H24O7P2.2Na/c1-3-4-5-6-7-8-9-10-16-19(14,15-2)17-18(11,12)13;;/h3-10H2,1-2H3,(H2,11,12,13);;/q;2*+1/p-2. The Kier molecular flexibility index (Phi) is 21.1. The predicted molar refractivity (Wildman–Crippen MR) is 67.3 cm³/mol. The molecule has 0 fully saturated rings. The van der Waals surface area contributed by atoms with E-state index in [1.165, 1.54) is 19.3 Å². The molecule has 0 saturated heterocycles. The molecule has 1 unspecified atom stereocenters. The topological polar surface area (TPSA) is 108 Å². The van der Waals surface area contributed by atoms with Gasteiger partial charge >= 0.3 is 66.9 Å². The second-order valence-corrected chi connectivity index (χ2v) is 7.18. The van der Waals surface area contributed by atoms with E-state index in [1.54, 1.807) is 0 Å². The number of unbranched alkanes of at least 4 members (excludes halogenated alkanes) is 6. The van der Waals surface area contributed by atoms with E-state index in [-0.39, 0.29) is 65.7 Å². The SMILES string of the molecule is CCCCCCCCCOP(=O)(OC)OP(=O)([O-])[O-].[Na+].[Na+]. The van der Waals surface area contributed by atoms with Gasteiger partial charge in [-0.25, -0.2) is 4.57 Å². The van der Waals surface area contributed by atoms with Gasteiger partial charge in [-0.15, -0.1) is 0 Å². The average Bonchev–Trinajstić information content (AvgIpc) is 2.30. The van der Waals surface area contributed by atoms with Crippen molar-refractivity contribution in [3.63, 3.8) is 0 Å². The summed E-state index contributed by atoms with van der Waals surface area (Å²) in [5.74, 6) is 0. The van der Waals surface area contributed by atoms with Gasteiger partial charge in [0.15, 0.2) is 0 Å². The van der Waals surface area contributed by atoms with Crippen molar-refractivity contribution in [3.8, 4) is 0 Å². The number of hydrogen-bond acceptors (Lipinski definition) is 7.